The molecule has 28 heavy (non-hydrogen) atoms. The van der Waals surface area contributed by atoms with Crippen LogP contribution >= 0.6 is 0 Å². The zero-order chi connectivity index (χ0) is 19.8. The van der Waals surface area contributed by atoms with Crippen molar-refractivity contribution in [2.45, 2.75) is 6.04 Å². The molecule has 5 nitrogen and oxygen atoms in total. The van der Waals surface area contributed by atoms with Crippen molar-refractivity contribution in [3.63, 3.8) is 0 Å². The van der Waals surface area contributed by atoms with Crippen molar-refractivity contribution in [1.29, 1.82) is 0 Å². The summed E-state index contributed by atoms with van der Waals surface area (Å²) in [6, 6.07) is 12.9. The van der Waals surface area contributed by atoms with E-state index in [0.717, 1.165) is 17.0 Å². The Morgan fingerprint density at radius 3 is 2.43 bits per heavy atom. The van der Waals surface area contributed by atoms with Crippen LogP contribution in [0.3, 0.4) is 0 Å². The van der Waals surface area contributed by atoms with E-state index in [1.54, 1.807) is 30.3 Å². The average molecular weight is 381 g/mol. The van der Waals surface area contributed by atoms with E-state index in [2.05, 4.69) is 0 Å². The number of carbonyl (C=O) groups is 2. The van der Waals surface area contributed by atoms with E-state index in [-0.39, 0.29) is 17.0 Å². The van der Waals surface area contributed by atoms with Crippen molar-refractivity contribution >= 4 is 17.4 Å². The summed E-state index contributed by atoms with van der Waals surface area (Å²) in [6.07, 6.45) is 1.29. The molecular weight excluding hydrogens is 368 g/mol. The Bertz CT molecular complexity index is 1090. The lowest BCUT2D eigenvalue weighted by Crippen LogP contribution is -2.31. The molecule has 1 unspecified atom stereocenters. The van der Waals surface area contributed by atoms with Gasteiger partial charge in [-0.25, -0.2) is 8.78 Å². The van der Waals surface area contributed by atoms with Crippen molar-refractivity contribution in [1.82, 2.24) is 0 Å². The van der Waals surface area contributed by atoms with E-state index in [0.29, 0.717) is 11.6 Å². The molecule has 0 bridgehead atoms. The molecular formula is C21H13F2NO4. The first-order chi connectivity index (χ1) is 13.5. The number of aliphatic hydroxyl groups excluding tert-OH is 1. The van der Waals surface area contributed by atoms with Crippen molar-refractivity contribution < 1.29 is 27.9 Å². The number of halogens is 2. The topological polar surface area (TPSA) is 70.8 Å². The third-order valence-corrected chi connectivity index (χ3v) is 4.48. The fourth-order valence-corrected chi connectivity index (χ4v) is 3.25. The molecule has 1 aliphatic rings. The Kier molecular flexibility index (Phi) is 4.27. The van der Waals surface area contributed by atoms with Crippen LogP contribution in [-0.4, -0.2) is 16.8 Å². The van der Waals surface area contributed by atoms with Gasteiger partial charge in [-0.2, -0.15) is 0 Å². The molecule has 2 aromatic carbocycles. The maximum atomic E-state index is 14.5. The number of ketones is 1. The number of anilines is 1. The van der Waals surface area contributed by atoms with Gasteiger partial charge in [-0.3, -0.25) is 14.5 Å². The fraction of sp³-hybridized carbons (Fsp3) is 0.0476. The zero-order valence-corrected chi connectivity index (χ0v) is 14.3. The first-order valence-corrected chi connectivity index (χ1v) is 8.34. The highest BCUT2D eigenvalue weighted by atomic mass is 19.1. The summed E-state index contributed by atoms with van der Waals surface area (Å²) in [6.45, 7) is 0. The van der Waals surface area contributed by atoms with Gasteiger partial charge in [0.2, 0.25) is 5.78 Å². The van der Waals surface area contributed by atoms with Gasteiger partial charge in [0.25, 0.3) is 5.91 Å². The number of furan rings is 1. The predicted octanol–water partition coefficient (Wildman–Crippen LogP) is 4.34. The highest BCUT2D eigenvalue weighted by Crippen LogP contribution is 2.42. The Morgan fingerprint density at radius 1 is 1.04 bits per heavy atom. The largest absolute Gasteiger partial charge is 0.503 e. The Labute approximate surface area is 158 Å². The third kappa shape index (κ3) is 2.77. The molecule has 0 saturated carbocycles. The van der Waals surface area contributed by atoms with Gasteiger partial charge in [0.15, 0.2) is 11.5 Å². The summed E-state index contributed by atoms with van der Waals surface area (Å²) in [7, 11) is 0. The molecule has 140 valence electrons. The minimum absolute atomic E-state index is 0.0725. The predicted molar refractivity (Wildman–Crippen MR) is 95.7 cm³/mol. The van der Waals surface area contributed by atoms with Crippen molar-refractivity contribution in [2.75, 3.05) is 4.90 Å². The molecule has 0 radical (unpaired) electrons. The van der Waals surface area contributed by atoms with Crippen LogP contribution in [0.25, 0.3) is 0 Å². The molecule has 0 saturated heterocycles. The number of Topliss-reactive ketones (excluding diaryl/α,β-unsaturated/α-hetero) is 1. The maximum absolute atomic E-state index is 14.5. The van der Waals surface area contributed by atoms with Crippen LogP contribution in [0.15, 0.2) is 82.7 Å². The Morgan fingerprint density at radius 2 is 1.79 bits per heavy atom. The number of hydrogen-bond donors (Lipinski definition) is 1. The van der Waals surface area contributed by atoms with Crippen LogP contribution in [0.1, 0.15) is 22.2 Å². The summed E-state index contributed by atoms with van der Waals surface area (Å²) in [5, 5.41) is 10.5. The maximum Gasteiger partial charge on any atom is 0.294 e. The van der Waals surface area contributed by atoms with Crippen LogP contribution < -0.4 is 4.90 Å². The Balaban J connectivity index is 1.90. The number of amides is 1. The normalized spacial score (nSPS) is 16.7. The molecule has 4 rings (SSSR count). The molecule has 1 aliphatic heterocycles. The lowest BCUT2D eigenvalue weighted by Gasteiger charge is -2.27. The summed E-state index contributed by atoms with van der Waals surface area (Å²) in [5.41, 5.74) is -0.0255. The molecule has 0 aliphatic carbocycles. The fourth-order valence-electron chi connectivity index (χ4n) is 3.25. The smallest absolute Gasteiger partial charge is 0.294 e. The second kappa shape index (κ2) is 6.77. The highest BCUT2D eigenvalue weighted by Gasteiger charge is 2.46. The molecule has 1 amide bonds. The van der Waals surface area contributed by atoms with Crippen molar-refractivity contribution in [3.8, 4) is 0 Å². The van der Waals surface area contributed by atoms with Crippen molar-refractivity contribution in [2.24, 2.45) is 0 Å². The molecule has 0 spiro atoms. The van der Waals surface area contributed by atoms with Gasteiger partial charge in [-0.05, 0) is 29.8 Å². The molecule has 1 aromatic heterocycles. The summed E-state index contributed by atoms with van der Waals surface area (Å²) in [5.74, 6) is -4.35. The van der Waals surface area contributed by atoms with E-state index in [4.69, 9.17) is 4.42 Å². The van der Waals surface area contributed by atoms with Gasteiger partial charge in [0.05, 0.1) is 23.6 Å². The number of carbonyl (C=O) groups excluding carboxylic acids is 2. The average Bonchev–Trinajstić information content (AvgIpc) is 3.31. The number of hydrogen-bond acceptors (Lipinski definition) is 4. The minimum atomic E-state index is -1.11. The zero-order valence-electron chi connectivity index (χ0n) is 14.3. The Hall–Kier alpha value is -3.74. The van der Waals surface area contributed by atoms with Gasteiger partial charge in [0, 0.05) is 6.07 Å². The number of aliphatic hydroxyl groups is 1. The molecule has 2 heterocycles. The number of rotatable bonds is 4. The lowest BCUT2D eigenvalue weighted by molar-refractivity contribution is -0.117. The SMILES string of the molecule is O=C(C1=C(O)C(=O)N(c2ccc(F)cc2F)C1c1ccccc1)c1ccco1. The second-order valence-corrected chi connectivity index (χ2v) is 6.15. The number of nitrogens with zero attached hydrogens (tertiary/aromatic N) is 1. The molecule has 0 fully saturated rings. The minimum Gasteiger partial charge on any atom is -0.503 e. The van der Waals surface area contributed by atoms with Gasteiger partial charge in [-0.1, -0.05) is 30.3 Å². The van der Waals surface area contributed by atoms with E-state index in [1.165, 1.54) is 18.4 Å². The van der Waals surface area contributed by atoms with Crippen LogP contribution in [0.4, 0.5) is 14.5 Å². The van der Waals surface area contributed by atoms with Gasteiger partial charge in [0.1, 0.15) is 11.6 Å². The van der Waals surface area contributed by atoms with Crippen LogP contribution in [0, 0.1) is 11.6 Å². The summed E-state index contributed by atoms with van der Waals surface area (Å²) in [4.78, 5) is 26.6. The monoisotopic (exact) mass is 381 g/mol. The van der Waals surface area contributed by atoms with Gasteiger partial charge in [-0.15, -0.1) is 0 Å². The summed E-state index contributed by atoms with van der Waals surface area (Å²) < 4.78 is 32.9. The molecule has 3 aromatic rings. The first kappa shape index (κ1) is 17.7. The standard InChI is InChI=1S/C21H13F2NO4/c22-13-8-9-15(14(23)11-13)24-18(12-5-2-1-3-6-12)17(20(26)21(24)27)19(25)16-7-4-10-28-16/h1-11,18,26H. The quantitative estimate of drug-likeness (QED) is 0.683. The molecule has 1 N–H and O–H groups in total. The van der Waals surface area contributed by atoms with Gasteiger partial charge >= 0.3 is 0 Å². The molecule has 7 heteroatoms. The third-order valence-electron chi connectivity index (χ3n) is 4.48. The number of benzene rings is 2. The summed E-state index contributed by atoms with van der Waals surface area (Å²) >= 11 is 0. The van der Waals surface area contributed by atoms with E-state index in [1.807, 2.05) is 0 Å². The van der Waals surface area contributed by atoms with Gasteiger partial charge < -0.3 is 9.52 Å². The van der Waals surface area contributed by atoms with Crippen LogP contribution in [-0.2, 0) is 4.79 Å². The van der Waals surface area contributed by atoms with Crippen LogP contribution in [0.5, 0.6) is 0 Å². The molecule has 1 atom stereocenters. The van der Waals surface area contributed by atoms with E-state index in [9.17, 15) is 23.5 Å². The van der Waals surface area contributed by atoms with Crippen LogP contribution in [0.2, 0.25) is 0 Å². The highest BCUT2D eigenvalue weighted by molar-refractivity contribution is 6.20. The van der Waals surface area contributed by atoms with E-state index < -0.39 is 35.1 Å². The van der Waals surface area contributed by atoms with E-state index >= 15 is 0 Å². The lowest BCUT2D eigenvalue weighted by atomic mass is 9.95. The first-order valence-electron chi connectivity index (χ1n) is 8.34. The second-order valence-electron chi connectivity index (χ2n) is 6.15. The van der Waals surface area contributed by atoms with Crippen molar-refractivity contribution in [3.05, 3.63) is 101 Å².